The van der Waals surface area contributed by atoms with Gasteiger partial charge in [-0.15, -0.1) is 6.42 Å². The van der Waals surface area contributed by atoms with Crippen LogP contribution in [0.4, 0.5) is 11.5 Å². The maximum atomic E-state index is 13.0. The Balaban J connectivity index is 1.50. The van der Waals surface area contributed by atoms with E-state index < -0.39 is 0 Å². The van der Waals surface area contributed by atoms with Gasteiger partial charge >= 0.3 is 0 Å². The number of hydrogen-bond donors (Lipinski definition) is 3. The predicted molar refractivity (Wildman–Crippen MR) is 134 cm³/mol. The molecular formula is C26H29ClN4O3. The van der Waals surface area contributed by atoms with Crippen molar-refractivity contribution in [2.45, 2.75) is 57.5 Å². The average molecular weight is 481 g/mol. The van der Waals surface area contributed by atoms with Gasteiger partial charge in [0.2, 0.25) is 11.8 Å². The summed E-state index contributed by atoms with van der Waals surface area (Å²) in [5.41, 5.74) is 2.28. The lowest BCUT2D eigenvalue weighted by Crippen LogP contribution is -2.41. The molecule has 0 spiro atoms. The molecule has 1 aromatic heterocycles. The molecular weight excluding hydrogens is 452 g/mol. The van der Waals surface area contributed by atoms with E-state index in [1.54, 1.807) is 6.07 Å². The van der Waals surface area contributed by atoms with Gasteiger partial charge in [-0.3, -0.25) is 9.59 Å². The first kappa shape index (κ1) is 23.9. The van der Waals surface area contributed by atoms with Crippen LogP contribution in [0.1, 0.15) is 46.0 Å². The fraction of sp³-hybridized carbons (Fsp3) is 0.423. The van der Waals surface area contributed by atoms with Crippen LogP contribution in [0.15, 0.2) is 30.5 Å². The van der Waals surface area contributed by atoms with Crippen LogP contribution >= 0.6 is 11.6 Å². The number of para-hydroxylation sites is 1. The molecule has 2 aromatic rings. The lowest BCUT2D eigenvalue weighted by atomic mass is 9.85. The Morgan fingerprint density at radius 3 is 2.94 bits per heavy atom. The minimum atomic E-state index is -0.218. The summed E-state index contributed by atoms with van der Waals surface area (Å²) >= 11 is 6.50. The van der Waals surface area contributed by atoms with Crippen molar-refractivity contribution in [3.63, 3.8) is 0 Å². The van der Waals surface area contributed by atoms with E-state index in [1.165, 1.54) is 6.20 Å². The summed E-state index contributed by atoms with van der Waals surface area (Å²) in [6, 6.07) is 7.57. The SMILES string of the molecule is C#CCC(=O)N[C@@H]1CCC[C@H](C(=O)Nc2cc(-c3cccc4c3OCC(C)(C)N4)c(Cl)cn2)C1. The molecule has 178 valence electrons. The summed E-state index contributed by atoms with van der Waals surface area (Å²) in [7, 11) is 0. The topological polar surface area (TPSA) is 92.4 Å². The van der Waals surface area contributed by atoms with Crippen LogP contribution < -0.4 is 20.7 Å². The molecule has 4 rings (SSSR count). The number of ether oxygens (including phenoxy) is 1. The molecule has 0 radical (unpaired) electrons. The molecule has 1 fully saturated rings. The van der Waals surface area contributed by atoms with Gasteiger partial charge in [-0.25, -0.2) is 4.98 Å². The summed E-state index contributed by atoms with van der Waals surface area (Å²) in [6.45, 7) is 4.67. The maximum Gasteiger partial charge on any atom is 0.232 e. The molecule has 2 atom stereocenters. The number of anilines is 2. The Bertz CT molecular complexity index is 1140. The van der Waals surface area contributed by atoms with Crippen molar-refractivity contribution in [2.24, 2.45) is 5.92 Å². The molecule has 1 saturated carbocycles. The van der Waals surface area contributed by atoms with Crippen molar-refractivity contribution >= 4 is 34.9 Å². The third-order valence-electron chi connectivity index (χ3n) is 6.13. The second-order valence-electron chi connectivity index (χ2n) is 9.53. The Kier molecular flexibility index (Phi) is 6.99. The first-order valence-electron chi connectivity index (χ1n) is 11.5. The Morgan fingerprint density at radius 1 is 1.32 bits per heavy atom. The zero-order valence-corrected chi connectivity index (χ0v) is 20.2. The third-order valence-corrected chi connectivity index (χ3v) is 6.44. The molecule has 1 aliphatic carbocycles. The normalized spacial score (nSPS) is 20.6. The minimum absolute atomic E-state index is 0.0464. The molecule has 0 saturated heterocycles. The number of carbonyl (C=O) groups is 2. The molecule has 8 heteroatoms. The zero-order valence-electron chi connectivity index (χ0n) is 19.4. The zero-order chi connectivity index (χ0) is 24.3. The van der Waals surface area contributed by atoms with Gasteiger partial charge in [-0.1, -0.05) is 36.1 Å². The minimum Gasteiger partial charge on any atom is -0.488 e. The quantitative estimate of drug-likeness (QED) is 0.543. The fourth-order valence-corrected chi connectivity index (χ4v) is 4.73. The van der Waals surface area contributed by atoms with Crippen molar-refractivity contribution in [3.05, 3.63) is 35.5 Å². The van der Waals surface area contributed by atoms with E-state index >= 15 is 0 Å². The van der Waals surface area contributed by atoms with E-state index in [4.69, 9.17) is 22.8 Å². The van der Waals surface area contributed by atoms with Crippen LogP contribution in [0.2, 0.25) is 5.02 Å². The second-order valence-corrected chi connectivity index (χ2v) is 9.93. The van der Waals surface area contributed by atoms with Gasteiger partial charge in [0.1, 0.15) is 18.2 Å². The van der Waals surface area contributed by atoms with Crippen LogP contribution in [0.25, 0.3) is 11.1 Å². The number of carbonyl (C=O) groups excluding carboxylic acids is 2. The number of fused-ring (bicyclic) bond motifs is 1. The van der Waals surface area contributed by atoms with Crippen LogP contribution in [0.5, 0.6) is 5.75 Å². The van der Waals surface area contributed by atoms with Crippen molar-refractivity contribution in [1.82, 2.24) is 10.3 Å². The monoisotopic (exact) mass is 480 g/mol. The number of halogens is 1. The lowest BCUT2D eigenvalue weighted by molar-refractivity contribution is -0.124. The lowest BCUT2D eigenvalue weighted by Gasteiger charge is -2.34. The molecule has 0 bridgehead atoms. The highest BCUT2D eigenvalue weighted by molar-refractivity contribution is 6.33. The van der Waals surface area contributed by atoms with Gasteiger partial charge in [0.25, 0.3) is 0 Å². The molecule has 1 aliphatic heterocycles. The van der Waals surface area contributed by atoms with Crippen molar-refractivity contribution in [2.75, 3.05) is 17.2 Å². The Labute approximate surface area is 205 Å². The number of amides is 2. The molecule has 1 aromatic carbocycles. The smallest absolute Gasteiger partial charge is 0.232 e. The first-order chi connectivity index (χ1) is 16.3. The largest absolute Gasteiger partial charge is 0.488 e. The van der Waals surface area contributed by atoms with E-state index in [9.17, 15) is 9.59 Å². The average Bonchev–Trinajstić information content (AvgIpc) is 2.79. The number of nitrogens with one attached hydrogen (secondary N) is 3. The van der Waals surface area contributed by atoms with E-state index in [2.05, 4.69) is 40.7 Å². The first-order valence-corrected chi connectivity index (χ1v) is 11.9. The van der Waals surface area contributed by atoms with Gasteiger partial charge in [-0.05, 0) is 45.2 Å². The molecule has 0 unspecified atom stereocenters. The van der Waals surface area contributed by atoms with Crippen molar-refractivity contribution < 1.29 is 14.3 Å². The fourth-order valence-electron chi connectivity index (χ4n) is 4.53. The number of benzene rings is 1. The maximum absolute atomic E-state index is 13.0. The molecule has 3 N–H and O–H groups in total. The molecule has 34 heavy (non-hydrogen) atoms. The third kappa shape index (κ3) is 5.45. The van der Waals surface area contributed by atoms with Crippen LogP contribution in [-0.2, 0) is 9.59 Å². The number of nitrogens with zero attached hydrogens (tertiary/aromatic N) is 1. The van der Waals surface area contributed by atoms with Gasteiger partial charge < -0.3 is 20.7 Å². The highest BCUT2D eigenvalue weighted by Crippen LogP contribution is 2.43. The van der Waals surface area contributed by atoms with Crippen LogP contribution in [0, 0.1) is 18.3 Å². The predicted octanol–water partition coefficient (Wildman–Crippen LogP) is 4.62. The molecule has 2 aliphatic rings. The Morgan fingerprint density at radius 2 is 2.15 bits per heavy atom. The van der Waals surface area contributed by atoms with Gasteiger partial charge in [0.15, 0.2) is 0 Å². The number of hydrogen-bond acceptors (Lipinski definition) is 5. The van der Waals surface area contributed by atoms with Crippen molar-refractivity contribution in [3.8, 4) is 29.2 Å². The number of rotatable bonds is 5. The molecule has 7 nitrogen and oxygen atoms in total. The Hall–Kier alpha value is -3.24. The highest BCUT2D eigenvalue weighted by atomic mass is 35.5. The summed E-state index contributed by atoms with van der Waals surface area (Å²) in [6.07, 6.45) is 9.82. The number of aromatic nitrogens is 1. The highest BCUT2D eigenvalue weighted by Gasteiger charge is 2.30. The van der Waals surface area contributed by atoms with Gasteiger partial charge in [-0.2, -0.15) is 0 Å². The van der Waals surface area contributed by atoms with Crippen LogP contribution in [0.3, 0.4) is 0 Å². The molecule has 2 heterocycles. The van der Waals surface area contributed by atoms with E-state index in [0.29, 0.717) is 23.9 Å². The van der Waals surface area contributed by atoms with Gasteiger partial charge in [0.05, 0.1) is 22.7 Å². The number of pyridine rings is 1. The second kappa shape index (κ2) is 9.94. The summed E-state index contributed by atoms with van der Waals surface area (Å²) in [5, 5.41) is 9.81. The number of terminal acetylenes is 1. The van der Waals surface area contributed by atoms with Crippen LogP contribution in [-0.4, -0.2) is 35.0 Å². The standard InChI is InChI=1S/C26H29ClN4O3/c1-4-7-23(32)29-17-9-5-8-16(12-17)25(33)30-22-13-19(20(27)14-28-22)18-10-6-11-21-24(18)34-15-26(2,3)31-21/h1,6,10-11,13-14,16-17,31H,5,7-9,12,15H2,2-3H3,(H,29,32)(H,28,30,33)/t16-,17+/m0/s1. The van der Waals surface area contributed by atoms with E-state index in [-0.39, 0.29) is 35.7 Å². The summed E-state index contributed by atoms with van der Waals surface area (Å²) in [4.78, 5) is 29.1. The van der Waals surface area contributed by atoms with E-state index in [1.807, 2.05) is 18.2 Å². The molecule has 2 amide bonds. The van der Waals surface area contributed by atoms with Gasteiger partial charge in [0, 0.05) is 29.3 Å². The summed E-state index contributed by atoms with van der Waals surface area (Å²) in [5.74, 6) is 2.98. The van der Waals surface area contributed by atoms with E-state index in [0.717, 1.165) is 41.8 Å². The van der Waals surface area contributed by atoms with Crippen molar-refractivity contribution in [1.29, 1.82) is 0 Å². The summed E-state index contributed by atoms with van der Waals surface area (Å²) < 4.78 is 6.08.